The molecule has 1 heterocycles. The highest BCUT2D eigenvalue weighted by Crippen LogP contribution is 2.41. The molecule has 1 spiro atoms. The van der Waals surface area contributed by atoms with Gasteiger partial charge in [0.05, 0.1) is 11.2 Å². The highest BCUT2D eigenvalue weighted by Gasteiger charge is 2.38. The summed E-state index contributed by atoms with van der Waals surface area (Å²) >= 11 is 8.91. The van der Waals surface area contributed by atoms with Gasteiger partial charge in [0.15, 0.2) is 5.17 Å². The molecule has 0 aromatic heterocycles. The molecule has 1 aromatic carbocycles. The zero-order valence-electron chi connectivity index (χ0n) is 9.88. The summed E-state index contributed by atoms with van der Waals surface area (Å²) in [7, 11) is 0. The van der Waals surface area contributed by atoms with Gasteiger partial charge >= 0.3 is 0 Å². The number of amidine groups is 1. The number of thioether (sulfide) groups is 1. The van der Waals surface area contributed by atoms with E-state index in [0.717, 1.165) is 25.6 Å². The van der Waals surface area contributed by atoms with Crippen molar-refractivity contribution in [3.05, 3.63) is 27.1 Å². The second-order valence-corrected chi connectivity index (χ2v) is 7.62. The Balaban J connectivity index is 1.79. The molecule has 0 unspecified atom stereocenters. The van der Waals surface area contributed by atoms with E-state index in [0.29, 0.717) is 0 Å². The summed E-state index contributed by atoms with van der Waals surface area (Å²) in [4.78, 5) is 4.92. The molecule has 96 valence electrons. The predicted molar refractivity (Wildman–Crippen MR) is 86.6 cm³/mol. The van der Waals surface area contributed by atoms with Gasteiger partial charge in [-0.15, -0.1) is 0 Å². The number of anilines is 1. The molecule has 18 heavy (non-hydrogen) atoms. The van der Waals surface area contributed by atoms with Crippen molar-refractivity contribution >= 4 is 54.5 Å². The van der Waals surface area contributed by atoms with Crippen LogP contribution in [0.5, 0.6) is 0 Å². The lowest BCUT2D eigenvalue weighted by molar-refractivity contribution is 0.508. The molecule has 3 rings (SSSR count). The average Bonchev–Trinajstić information content (AvgIpc) is 2.95. The summed E-state index contributed by atoms with van der Waals surface area (Å²) in [6.45, 7) is 0. The van der Waals surface area contributed by atoms with Crippen molar-refractivity contribution in [1.29, 1.82) is 0 Å². The molecule has 1 aromatic rings. The van der Waals surface area contributed by atoms with Crippen molar-refractivity contribution in [2.75, 3.05) is 11.1 Å². The fraction of sp³-hybridized carbons (Fsp3) is 0.462. The van der Waals surface area contributed by atoms with E-state index in [1.165, 1.54) is 25.7 Å². The summed E-state index contributed by atoms with van der Waals surface area (Å²) in [5.74, 6) is 1.14. The van der Waals surface area contributed by atoms with Crippen molar-refractivity contribution in [2.24, 2.45) is 4.99 Å². The third-order valence-electron chi connectivity index (χ3n) is 3.52. The molecule has 2 aliphatic rings. The average molecular weight is 390 g/mol. The van der Waals surface area contributed by atoms with E-state index in [-0.39, 0.29) is 5.54 Å². The van der Waals surface area contributed by atoms with Crippen molar-refractivity contribution in [3.63, 3.8) is 0 Å². The molecule has 0 amide bonds. The van der Waals surface area contributed by atoms with E-state index in [4.69, 9.17) is 4.99 Å². The van der Waals surface area contributed by atoms with Crippen molar-refractivity contribution in [3.8, 4) is 0 Å². The summed E-state index contributed by atoms with van der Waals surface area (Å²) in [5.41, 5.74) is 1.32. The molecular formula is C13H14Br2N2S. The smallest absolute Gasteiger partial charge is 0.161 e. The third-order valence-corrected chi connectivity index (χ3v) is 5.85. The first kappa shape index (κ1) is 13.0. The Hall–Kier alpha value is -0.000000000000000111. The van der Waals surface area contributed by atoms with Gasteiger partial charge in [-0.2, -0.15) is 0 Å². The number of halogens is 2. The van der Waals surface area contributed by atoms with Crippen LogP contribution in [0.4, 0.5) is 5.69 Å². The number of nitrogens with zero attached hydrogens (tertiary/aromatic N) is 1. The first-order chi connectivity index (χ1) is 8.67. The minimum absolute atomic E-state index is 0.242. The topological polar surface area (TPSA) is 24.4 Å². The monoisotopic (exact) mass is 388 g/mol. The molecule has 1 N–H and O–H groups in total. The molecule has 1 aliphatic carbocycles. The second-order valence-electron chi connectivity index (χ2n) is 4.89. The van der Waals surface area contributed by atoms with Crippen LogP contribution in [0.1, 0.15) is 25.7 Å². The summed E-state index contributed by atoms with van der Waals surface area (Å²) < 4.78 is 2.15. The lowest BCUT2D eigenvalue weighted by Gasteiger charge is -2.16. The molecule has 0 saturated heterocycles. The first-order valence-corrected chi connectivity index (χ1v) is 8.69. The summed E-state index contributed by atoms with van der Waals surface area (Å²) in [5, 5.41) is 4.50. The Kier molecular flexibility index (Phi) is 3.74. The van der Waals surface area contributed by atoms with Crippen LogP contribution in [-0.2, 0) is 0 Å². The van der Waals surface area contributed by atoms with E-state index in [2.05, 4.69) is 43.2 Å². The minimum atomic E-state index is 0.242. The van der Waals surface area contributed by atoms with Crippen LogP contribution in [-0.4, -0.2) is 16.5 Å². The number of aliphatic imine (C=N–C) groups is 1. The molecule has 2 nitrogen and oxygen atoms in total. The van der Waals surface area contributed by atoms with E-state index in [1.54, 1.807) is 0 Å². The van der Waals surface area contributed by atoms with Crippen molar-refractivity contribution in [2.45, 2.75) is 31.2 Å². The largest absolute Gasteiger partial charge is 0.334 e. The Morgan fingerprint density at radius 2 is 2.00 bits per heavy atom. The number of benzene rings is 1. The normalized spacial score (nSPS) is 21.3. The van der Waals surface area contributed by atoms with Gasteiger partial charge in [0.25, 0.3) is 0 Å². The maximum absolute atomic E-state index is 4.92. The highest BCUT2D eigenvalue weighted by molar-refractivity contribution is 9.11. The van der Waals surface area contributed by atoms with Crippen LogP contribution >= 0.6 is 43.6 Å². The van der Waals surface area contributed by atoms with Gasteiger partial charge in [-0.1, -0.05) is 40.5 Å². The quantitative estimate of drug-likeness (QED) is 0.727. The van der Waals surface area contributed by atoms with Gasteiger partial charge in [0.2, 0.25) is 0 Å². The molecule has 0 bridgehead atoms. The zero-order chi connectivity index (χ0) is 12.6. The SMILES string of the molecule is Brc1ccc(Br)c(NC2=NC3(CCCC3)CS2)c1. The van der Waals surface area contributed by atoms with Crippen LogP contribution in [0.3, 0.4) is 0 Å². The molecule has 1 aliphatic heterocycles. The Morgan fingerprint density at radius 3 is 2.78 bits per heavy atom. The molecule has 0 atom stereocenters. The van der Waals surface area contributed by atoms with Gasteiger partial charge < -0.3 is 5.32 Å². The molecule has 0 radical (unpaired) electrons. The van der Waals surface area contributed by atoms with Crippen LogP contribution < -0.4 is 5.32 Å². The summed E-state index contributed by atoms with van der Waals surface area (Å²) in [6.07, 6.45) is 5.17. The number of rotatable bonds is 1. The predicted octanol–water partition coefficient (Wildman–Crippen LogP) is 5.04. The highest BCUT2D eigenvalue weighted by atomic mass is 79.9. The fourth-order valence-corrected chi connectivity index (χ4v) is 4.45. The van der Waals surface area contributed by atoms with E-state index in [9.17, 15) is 0 Å². The van der Waals surface area contributed by atoms with E-state index in [1.807, 2.05) is 23.9 Å². The maximum atomic E-state index is 4.92. The Labute approximate surface area is 128 Å². The summed E-state index contributed by atoms with van der Waals surface area (Å²) in [6, 6.07) is 6.14. The van der Waals surface area contributed by atoms with Crippen LogP contribution in [0, 0.1) is 0 Å². The molecular weight excluding hydrogens is 376 g/mol. The minimum Gasteiger partial charge on any atom is -0.334 e. The van der Waals surface area contributed by atoms with E-state index < -0.39 is 0 Å². The molecule has 1 saturated carbocycles. The number of hydrogen-bond acceptors (Lipinski definition) is 3. The number of nitrogens with one attached hydrogen (secondary N) is 1. The van der Waals surface area contributed by atoms with E-state index >= 15 is 0 Å². The Bertz CT molecular complexity index is 496. The van der Waals surface area contributed by atoms with Crippen molar-refractivity contribution < 1.29 is 0 Å². The van der Waals surface area contributed by atoms with Gasteiger partial charge in [0.1, 0.15) is 0 Å². The molecule has 5 heteroatoms. The van der Waals surface area contributed by atoms with Crippen LogP contribution in [0.2, 0.25) is 0 Å². The van der Waals surface area contributed by atoms with Gasteiger partial charge in [0, 0.05) is 14.7 Å². The lowest BCUT2D eigenvalue weighted by atomic mass is 10.0. The van der Waals surface area contributed by atoms with Crippen LogP contribution in [0.25, 0.3) is 0 Å². The van der Waals surface area contributed by atoms with Gasteiger partial charge in [-0.3, -0.25) is 4.99 Å². The van der Waals surface area contributed by atoms with Gasteiger partial charge in [-0.25, -0.2) is 0 Å². The number of hydrogen-bond donors (Lipinski definition) is 1. The maximum Gasteiger partial charge on any atom is 0.161 e. The second kappa shape index (κ2) is 5.17. The van der Waals surface area contributed by atoms with Gasteiger partial charge in [-0.05, 0) is 47.0 Å². The molecule has 1 fully saturated rings. The third kappa shape index (κ3) is 2.63. The zero-order valence-corrected chi connectivity index (χ0v) is 13.9. The fourth-order valence-electron chi connectivity index (χ4n) is 2.54. The van der Waals surface area contributed by atoms with Crippen molar-refractivity contribution in [1.82, 2.24) is 0 Å². The van der Waals surface area contributed by atoms with Crippen LogP contribution in [0.15, 0.2) is 32.1 Å². The Morgan fingerprint density at radius 1 is 1.22 bits per heavy atom. The first-order valence-electron chi connectivity index (χ1n) is 6.12. The lowest BCUT2D eigenvalue weighted by Crippen LogP contribution is -2.21. The standard InChI is InChI=1S/C13H14Br2N2S/c14-9-3-4-10(15)11(7-9)16-12-17-13(8-18-12)5-1-2-6-13/h3-4,7H,1-2,5-6,8H2,(H,16,17).